The molecule has 3 aromatic rings. The fourth-order valence-corrected chi connectivity index (χ4v) is 2.84. The third-order valence-electron chi connectivity index (χ3n) is 4.47. The second-order valence-electron chi connectivity index (χ2n) is 6.67. The predicted octanol–water partition coefficient (Wildman–Crippen LogP) is 4.76. The fraction of sp³-hybridized carbons (Fsp3) is 0.333. The summed E-state index contributed by atoms with van der Waals surface area (Å²) in [6.07, 6.45) is 1.71. The monoisotopic (exact) mass is 387 g/mol. The zero-order valence-electron chi connectivity index (χ0n) is 15.9. The van der Waals surface area contributed by atoms with Crippen molar-refractivity contribution in [2.75, 3.05) is 0 Å². The largest absolute Gasteiger partial charge is 0.435 e. The first-order valence-electron chi connectivity index (χ1n) is 9.17. The van der Waals surface area contributed by atoms with Crippen LogP contribution in [-0.2, 0) is 13.0 Å². The van der Waals surface area contributed by atoms with Crippen LogP contribution in [-0.4, -0.2) is 22.8 Å². The van der Waals surface area contributed by atoms with Gasteiger partial charge in [-0.1, -0.05) is 35.5 Å². The van der Waals surface area contributed by atoms with Crippen LogP contribution in [0.25, 0.3) is 11.5 Å². The van der Waals surface area contributed by atoms with Crippen LogP contribution in [0.4, 0.5) is 8.78 Å². The Balaban J connectivity index is 1.46. The van der Waals surface area contributed by atoms with E-state index in [2.05, 4.69) is 27.1 Å². The van der Waals surface area contributed by atoms with Gasteiger partial charge in [0, 0.05) is 11.6 Å². The summed E-state index contributed by atoms with van der Waals surface area (Å²) in [5.41, 5.74) is 3.09. The molecule has 0 unspecified atom stereocenters. The first-order valence-corrected chi connectivity index (χ1v) is 9.17. The molecule has 3 rings (SSSR count). The highest BCUT2D eigenvalue weighted by molar-refractivity contribution is 5.57. The van der Waals surface area contributed by atoms with Crippen molar-refractivity contribution in [3.8, 4) is 17.2 Å². The van der Waals surface area contributed by atoms with Gasteiger partial charge in [0.1, 0.15) is 5.75 Å². The van der Waals surface area contributed by atoms with Crippen LogP contribution < -0.4 is 10.1 Å². The molecule has 148 valence electrons. The minimum atomic E-state index is -2.80. The number of nitrogens with one attached hydrogen (secondary N) is 1. The highest BCUT2D eigenvalue weighted by Crippen LogP contribution is 2.21. The molecule has 0 aliphatic heterocycles. The van der Waals surface area contributed by atoms with Crippen LogP contribution in [0.1, 0.15) is 30.3 Å². The van der Waals surface area contributed by atoms with E-state index in [1.165, 1.54) is 0 Å². The number of aromatic nitrogens is 2. The summed E-state index contributed by atoms with van der Waals surface area (Å²) in [6, 6.07) is 14.8. The maximum absolute atomic E-state index is 12.2. The Morgan fingerprint density at radius 2 is 1.86 bits per heavy atom. The van der Waals surface area contributed by atoms with E-state index in [0.717, 1.165) is 29.5 Å². The van der Waals surface area contributed by atoms with Gasteiger partial charge < -0.3 is 14.6 Å². The number of rotatable bonds is 9. The maximum Gasteiger partial charge on any atom is 0.387 e. The highest BCUT2D eigenvalue weighted by Gasteiger charge is 2.12. The van der Waals surface area contributed by atoms with Gasteiger partial charge in [0.2, 0.25) is 0 Å². The predicted molar refractivity (Wildman–Crippen MR) is 102 cm³/mol. The normalized spacial score (nSPS) is 12.3. The Labute approximate surface area is 162 Å². The van der Waals surface area contributed by atoms with Crippen molar-refractivity contribution < 1.29 is 18.0 Å². The van der Waals surface area contributed by atoms with Gasteiger partial charge in [-0.05, 0) is 56.0 Å². The first kappa shape index (κ1) is 19.9. The molecular weight excluding hydrogens is 364 g/mol. The molecule has 0 spiro atoms. The third-order valence-corrected chi connectivity index (χ3v) is 4.47. The summed E-state index contributed by atoms with van der Waals surface area (Å²) in [5.74, 6) is 1.30. The zero-order chi connectivity index (χ0) is 19.9. The van der Waals surface area contributed by atoms with Crippen molar-refractivity contribution in [1.29, 1.82) is 0 Å². The lowest BCUT2D eigenvalue weighted by Gasteiger charge is -2.12. The van der Waals surface area contributed by atoms with Crippen molar-refractivity contribution in [3.63, 3.8) is 0 Å². The van der Waals surface area contributed by atoms with Gasteiger partial charge in [-0.25, -0.2) is 0 Å². The zero-order valence-corrected chi connectivity index (χ0v) is 15.9. The summed E-state index contributed by atoms with van der Waals surface area (Å²) in [6.45, 7) is 1.80. The number of nitrogens with zero attached hydrogens (tertiary/aromatic N) is 2. The quantitative estimate of drug-likeness (QED) is 0.574. The van der Waals surface area contributed by atoms with Crippen molar-refractivity contribution >= 4 is 0 Å². The second-order valence-corrected chi connectivity index (χ2v) is 6.67. The van der Waals surface area contributed by atoms with Crippen LogP contribution in [0.3, 0.4) is 0 Å². The van der Waals surface area contributed by atoms with Gasteiger partial charge in [0.25, 0.3) is 5.89 Å². The Morgan fingerprint density at radius 3 is 2.57 bits per heavy atom. The molecule has 0 saturated heterocycles. The number of hydrogen-bond acceptors (Lipinski definition) is 5. The minimum Gasteiger partial charge on any atom is -0.435 e. The number of benzene rings is 2. The lowest BCUT2D eigenvalue weighted by atomic mass is 10.1. The van der Waals surface area contributed by atoms with E-state index in [9.17, 15) is 8.78 Å². The number of alkyl halides is 2. The average molecular weight is 387 g/mol. The van der Waals surface area contributed by atoms with Gasteiger partial charge in [-0.3, -0.25) is 0 Å². The molecular formula is C21H23F2N3O2. The van der Waals surface area contributed by atoms with E-state index in [1.54, 1.807) is 24.3 Å². The minimum absolute atomic E-state index is 0.173. The molecule has 1 N–H and O–H groups in total. The molecule has 1 aromatic heterocycles. The van der Waals surface area contributed by atoms with Crippen LogP contribution in [0.15, 0.2) is 53.1 Å². The SMILES string of the molecule is Cc1ccccc1-c1nc(CN[C@H](C)CCc2ccc(OC(F)F)cc2)no1. The molecule has 0 fully saturated rings. The molecule has 28 heavy (non-hydrogen) atoms. The van der Waals surface area contributed by atoms with Gasteiger partial charge >= 0.3 is 6.61 Å². The summed E-state index contributed by atoms with van der Waals surface area (Å²) < 4.78 is 34.1. The molecule has 7 heteroatoms. The molecule has 1 heterocycles. The maximum atomic E-state index is 12.2. The van der Waals surface area contributed by atoms with E-state index in [1.807, 2.05) is 31.2 Å². The summed E-state index contributed by atoms with van der Waals surface area (Å²) >= 11 is 0. The smallest absolute Gasteiger partial charge is 0.387 e. The molecule has 0 amide bonds. The molecule has 2 aromatic carbocycles. The second kappa shape index (κ2) is 9.41. The Morgan fingerprint density at radius 1 is 1.11 bits per heavy atom. The lowest BCUT2D eigenvalue weighted by molar-refractivity contribution is -0.0498. The molecule has 0 aliphatic rings. The number of halogens is 2. The lowest BCUT2D eigenvalue weighted by Crippen LogP contribution is -2.26. The van der Waals surface area contributed by atoms with Crippen molar-refractivity contribution in [3.05, 3.63) is 65.5 Å². The number of ether oxygens (including phenoxy) is 1. The Kier molecular flexibility index (Phi) is 6.71. The van der Waals surface area contributed by atoms with E-state index >= 15 is 0 Å². The van der Waals surface area contributed by atoms with Crippen LogP contribution in [0.5, 0.6) is 5.75 Å². The summed E-state index contributed by atoms with van der Waals surface area (Å²) in [4.78, 5) is 4.45. The van der Waals surface area contributed by atoms with Crippen molar-refractivity contribution in [1.82, 2.24) is 15.5 Å². The van der Waals surface area contributed by atoms with Crippen LogP contribution >= 0.6 is 0 Å². The summed E-state index contributed by atoms with van der Waals surface area (Å²) in [7, 11) is 0. The number of hydrogen-bond donors (Lipinski definition) is 1. The standard InChI is InChI=1S/C21H23F2N3O2/c1-14-5-3-4-6-18(14)20-25-19(26-28-20)13-24-15(2)7-8-16-9-11-17(12-10-16)27-21(22)23/h3-6,9-12,15,21,24H,7-8,13H2,1-2H3/t15-/m1/s1. The van der Waals surface area contributed by atoms with Gasteiger partial charge in [-0.2, -0.15) is 13.8 Å². The van der Waals surface area contributed by atoms with E-state index < -0.39 is 6.61 Å². The topological polar surface area (TPSA) is 60.2 Å². The van der Waals surface area contributed by atoms with E-state index in [0.29, 0.717) is 18.3 Å². The van der Waals surface area contributed by atoms with Gasteiger partial charge in [-0.15, -0.1) is 0 Å². The van der Waals surface area contributed by atoms with Crippen LogP contribution in [0.2, 0.25) is 0 Å². The molecule has 0 bridgehead atoms. The summed E-state index contributed by atoms with van der Waals surface area (Å²) in [5, 5.41) is 7.41. The molecule has 0 radical (unpaired) electrons. The third kappa shape index (κ3) is 5.60. The average Bonchev–Trinajstić information content (AvgIpc) is 3.14. The number of aryl methyl sites for hydroxylation is 2. The van der Waals surface area contributed by atoms with Crippen LogP contribution in [0, 0.1) is 6.92 Å². The Hall–Kier alpha value is -2.80. The molecule has 0 saturated carbocycles. The van der Waals surface area contributed by atoms with Gasteiger partial charge in [0.05, 0.1) is 6.54 Å². The van der Waals surface area contributed by atoms with E-state index in [4.69, 9.17) is 4.52 Å². The molecule has 1 atom stereocenters. The molecule has 0 aliphatic carbocycles. The first-order chi connectivity index (χ1) is 13.5. The highest BCUT2D eigenvalue weighted by atomic mass is 19.3. The van der Waals surface area contributed by atoms with Crippen molar-refractivity contribution in [2.24, 2.45) is 0 Å². The van der Waals surface area contributed by atoms with Crippen molar-refractivity contribution in [2.45, 2.75) is 45.9 Å². The van der Waals surface area contributed by atoms with Gasteiger partial charge in [0.15, 0.2) is 5.82 Å². The van der Waals surface area contributed by atoms with E-state index in [-0.39, 0.29) is 11.8 Å². The fourth-order valence-electron chi connectivity index (χ4n) is 2.84. The molecule has 5 nitrogen and oxygen atoms in total. The Bertz CT molecular complexity index is 881.